The summed E-state index contributed by atoms with van der Waals surface area (Å²) >= 11 is 1.17. The van der Waals surface area contributed by atoms with E-state index in [0.717, 1.165) is 6.07 Å². The lowest BCUT2D eigenvalue weighted by Crippen LogP contribution is -2.20. The molecule has 11 heteroatoms. The summed E-state index contributed by atoms with van der Waals surface area (Å²) in [6, 6.07) is 0.725. The smallest absolute Gasteiger partial charge is 0.408 e. The summed E-state index contributed by atoms with van der Waals surface area (Å²) < 4.78 is 44.5. The summed E-state index contributed by atoms with van der Waals surface area (Å²) in [5.41, 5.74) is 6.22. The van der Waals surface area contributed by atoms with Crippen molar-refractivity contribution in [1.29, 1.82) is 0 Å². The van der Waals surface area contributed by atoms with E-state index in [9.17, 15) is 17.6 Å². The highest BCUT2D eigenvalue weighted by atomic mass is 32.2. The highest BCUT2D eigenvalue weighted by Crippen LogP contribution is 2.23. The molecule has 0 aliphatic carbocycles. The van der Waals surface area contributed by atoms with Crippen LogP contribution < -0.4 is 15.2 Å². The number of aromatic nitrogens is 2. The molecule has 21 heavy (non-hydrogen) atoms. The minimum Gasteiger partial charge on any atom is -0.408 e. The Morgan fingerprint density at radius 1 is 1.52 bits per heavy atom. The van der Waals surface area contributed by atoms with E-state index < -0.39 is 27.0 Å². The number of thiazole rings is 1. The molecule has 8 nitrogen and oxygen atoms in total. The maximum absolute atomic E-state index is 13.9. The third-order valence-corrected chi connectivity index (χ3v) is 4.08. The largest absolute Gasteiger partial charge is 0.410 e. The average molecular weight is 332 g/mol. The lowest BCUT2D eigenvalue weighted by molar-refractivity contribution is 0.210. The first kappa shape index (κ1) is 15.1. The van der Waals surface area contributed by atoms with Gasteiger partial charge in [0, 0.05) is 11.4 Å². The Kier molecular flexibility index (Phi) is 4.04. The van der Waals surface area contributed by atoms with Crippen LogP contribution in [0.4, 0.5) is 15.0 Å². The molecule has 0 aliphatic rings. The number of carbonyl (C=O) groups is 1. The van der Waals surface area contributed by atoms with Crippen molar-refractivity contribution in [3.63, 3.8) is 0 Å². The Bertz CT molecular complexity index is 777. The summed E-state index contributed by atoms with van der Waals surface area (Å²) in [4.78, 5) is 18.0. The second kappa shape index (κ2) is 5.61. The van der Waals surface area contributed by atoms with Crippen LogP contribution in [0.3, 0.4) is 0 Å². The van der Waals surface area contributed by atoms with Gasteiger partial charge in [-0.25, -0.2) is 19.2 Å². The molecule has 0 fully saturated rings. The SMILES string of the molecule is Cc1nc(S(=O)(=O)Nc2cscn2)c(F)cc1OC(N)=O. The molecule has 112 valence electrons. The maximum atomic E-state index is 13.9. The Balaban J connectivity index is 2.40. The van der Waals surface area contributed by atoms with E-state index in [1.165, 1.54) is 29.2 Å². The fraction of sp³-hybridized carbons (Fsp3) is 0.100. The number of sulfonamides is 1. The number of rotatable bonds is 4. The van der Waals surface area contributed by atoms with E-state index in [1.807, 2.05) is 0 Å². The van der Waals surface area contributed by atoms with Gasteiger partial charge in [0.2, 0.25) is 5.03 Å². The van der Waals surface area contributed by atoms with Crippen LogP contribution in [-0.4, -0.2) is 24.5 Å². The molecule has 0 radical (unpaired) electrons. The van der Waals surface area contributed by atoms with Crippen LogP contribution in [0, 0.1) is 12.7 Å². The lowest BCUT2D eigenvalue weighted by atomic mass is 10.3. The van der Waals surface area contributed by atoms with E-state index in [4.69, 9.17) is 5.73 Å². The fourth-order valence-electron chi connectivity index (χ4n) is 1.39. The molecule has 0 unspecified atom stereocenters. The van der Waals surface area contributed by atoms with Crippen LogP contribution in [0.1, 0.15) is 5.69 Å². The molecule has 2 aromatic rings. The molecule has 0 saturated carbocycles. The van der Waals surface area contributed by atoms with Gasteiger partial charge in [-0.1, -0.05) is 0 Å². The van der Waals surface area contributed by atoms with Crippen molar-refractivity contribution in [2.75, 3.05) is 4.72 Å². The van der Waals surface area contributed by atoms with E-state index in [2.05, 4.69) is 19.4 Å². The second-order valence-corrected chi connectivity index (χ2v) is 6.08. The van der Waals surface area contributed by atoms with Crippen LogP contribution in [-0.2, 0) is 10.0 Å². The molecule has 2 rings (SSSR count). The molecule has 2 aromatic heterocycles. The van der Waals surface area contributed by atoms with Gasteiger partial charge in [-0.2, -0.15) is 8.42 Å². The van der Waals surface area contributed by atoms with Crippen molar-refractivity contribution in [3.05, 3.63) is 28.5 Å². The zero-order chi connectivity index (χ0) is 15.6. The van der Waals surface area contributed by atoms with Gasteiger partial charge in [-0.3, -0.25) is 4.72 Å². The second-order valence-electron chi connectivity index (χ2n) is 3.76. The molecule has 0 aliphatic heterocycles. The summed E-state index contributed by atoms with van der Waals surface area (Å²) in [6.45, 7) is 1.35. The monoisotopic (exact) mass is 332 g/mol. The molecule has 0 atom stereocenters. The molecule has 3 N–H and O–H groups in total. The Morgan fingerprint density at radius 3 is 2.81 bits per heavy atom. The number of pyridine rings is 1. The van der Waals surface area contributed by atoms with Gasteiger partial charge in [0.15, 0.2) is 17.4 Å². The Morgan fingerprint density at radius 2 is 2.24 bits per heavy atom. The number of ether oxygens (including phenoxy) is 1. The summed E-state index contributed by atoms with van der Waals surface area (Å²) in [5, 5.41) is 0.609. The van der Waals surface area contributed by atoms with Gasteiger partial charge in [0.1, 0.15) is 0 Å². The number of hydrogen-bond donors (Lipinski definition) is 2. The average Bonchev–Trinajstić information content (AvgIpc) is 2.84. The van der Waals surface area contributed by atoms with Gasteiger partial charge < -0.3 is 10.5 Å². The molecular weight excluding hydrogens is 323 g/mol. The van der Waals surface area contributed by atoms with Crippen LogP contribution in [0.15, 0.2) is 22.0 Å². The van der Waals surface area contributed by atoms with Crippen molar-refractivity contribution >= 4 is 33.3 Å². The summed E-state index contributed by atoms with van der Waals surface area (Å²) in [6.07, 6.45) is -1.16. The number of aryl methyl sites for hydroxylation is 1. The predicted molar refractivity (Wildman–Crippen MR) is 72.1 cm³/mol. The zero-order valence-corrected chi connectivity index (χ0v) is 12.2. The number of carbonyl (C=O) groups excluding carboxylic acids is 1. The number of halogens is 1. The number of amides is 1. The number of nitrogens with one attached hydrogen (secondary N) is 1. The number of hydrogen-bond acceptors (Lipinski definition) is 7. The quantitative estimate of drug-likeness (QED) is 0.868. The third-order valence-electron chi connectivity index (χ3n) is 2.22. The molecule has 0 saturated heterocycles. The first-order chi connectivity index (χ1) is 9.79. The molecule has 2 heterocycles. The Labute approximate surface area is 122 Å². The van der Waals surface area contributed by atoms with Crippen LogP contribution in [0.2, 0.25) is 0 Å². The minimum absolute atomic E-state index is 0.00569. The minimum atomic E-state index is -4.25. The van der Waals surface area contributed by atoms with Crippen LogP contribution >= 0.6 is 11.3 Å². The van der Waals surface area contributed by atoms with Gasteiger partial charge in [-0.05, 0) is 6.92 Å². The number of anilines is 1. The topological polar surface area (TPSA) is 124 Å². The normalized spacial score (nSPS) is 11.1. The van der Waals surface area contributed by atoms with Crippen molar-refractivity contribution < 1.29 is 22.3 Å². The maximum Gasteiger partial charge on any atom is 0.410 e. The van der Waals surface area contributed by atoms with Gasteiger partial charge in [-0.15, -0.1) is 11.3 Å². The van der Waals surface area contributed by atoms with Gasteiger partial charge in [0.05, 0.1) is 11.2 Å². The summed E-state index contributed by atoms with van der Waals surface area (Å²) in [5.74, 6) is -1.39. The van der Waals surface area contributed by atoms with Crippen molar-refractivity contribution in [2.24, 2.45) is 5.73 Å². The molecule has 1 amide bonds. The van der Waals surface area contributed by atoms with Crippen molar-refractivity contribution in [3.8, 4) is 5.75 Å². The van der Waals surface area contributed by atoms with Crippen molar-refractivity contribution in [1.82, 2.24) is 9.97 Å². The third kappa shape index (κ3) is 3.44. The van der Waals surface area contributed by atoms with E-state index in [1.54, 1.807) is 0 Å². The molecule has 0 bridgehead atoms. The first-order valence-electron chi connectivity index (χ1n) is 5.35. The van der Waals surface area contributed by atoms with E-state index >= 15 is 0 Å². The van der Waals surface area contributed by atoms with Gasteiger partial charge >= 0.3 is 6.09 Å². The van der Waals surface area contributed by atoms with Gasteiger partial charge in [0.25, 0.3) is 10.0 Å². The molecule has 0 spiro atoms. The predicted octanol–water partition coefficient (Wildman–Crippen LogP) is 1.24. The van der Waals surface area contributed by atoms with E-state index in [0.29, 0.717) is 0 Å². The number of nitrogens with zero attached hydrogens (tertiary/aromatic N) is 2. The molecule has 0 aromatic carbocycles. The van der Waals surface area contributed by atoms with Crippen molar-refractivity contribution in [2.45, 2.75) is 11.9 Å². The zero-order valence-electron chi connectivity index (χ0n) is 10.5. The Hall–Kier alpha value is -2.27. The van der Waals surface area contributed by atoms with E-state index in [-0.39, 0.29) is 17.3 Å². The first-order valence-corrected chi connectivity index (χ1v) is 7.77. The summed E-state index contributed by atoms with van der Waals surface area (Å²) in [7, 11) is -4.25. The highest BCUT2D eigenvalue weighted by molar-refractivity contribution is 7.92. The lowest BCUT2D eigenvalue weighted by Gasteiger charge is -2.09. The van der Waals surface area contributed by atoms with Crippen LogP contribution in [0.25, 0.3) is 0 Å². The fourth-order valence-corrected chi connectivity index (χ4v) is 3.01. The molecular formula is C10H9FN4O4S2. The highest BCUT2D eigenvalue weighted by Gasteiger charge is 2.24. The standard InChI is InChI=1S/C10H9FN4O4S2/c1-5-7(19-10(12)16)2-6(11)9(14-5)21(17,18)15-8-3-20-4-13-8/h2-4,15H,1H3,(H2,12,16). The van der Waals surface area contributed by atoms with Crippen LogP contribution in [0.5, 0.6) is 5.75 Å². The number of primary amides is 1. The number of nitrogens with two attached hydrogens (primary N) is 1.